The molecule has 0 aliphatic carbocycles. The Labute approximate surface area is 147 Å². The molecule has 1 aromatic heterocycles. The summed E-state index contributed by atoms with van der Waals surface area (Å²) in [4.78, 5) is 15.9. The molecule has 0 saturated carbocycles. The summed E-state index contributed by atoms with van der Waals surface area (Å²) in [6.07, 6.45) is -0.262. The maximum Gasteiger partial charge on any atom is 0.264 e. The van der Waals surface area contributed by atoms with Crippen molar-refractivity contribution < 1.29 is 18.8 Å². The average Bonchev–Trinajstić information content (AvgIpc) is 2.94. The van der Waals surface area contributed by atoms with Crippen LogP contribution in [0.5, 0.6) is 5.75 Å². The van der Waals surface area contributed by atoms with E-state index in [1.54, 1.807) is 12.1 Å². The zero-order valence-electron chi connectivity index (χ0n) is 12.9. The van der Waals surface area contributed by atoms with Crippen LogP contribution in [0.1, 0.15) is 48.9 Å². The van der Waals surface area contributed by atoms with Crippen LogP contribution in [0.15, 0.2) is 21.1 Å². The van der Waals surface area contributed by atoms with Gasteiger partial charge < -0.3 is 14.0 Å². The van der Waals surface area contributed by atoms with Crippen LogP contribution in [0, 0.1) is 0 Å². The lowest BCUT2D eigenvalue weighted by atomic mass is 10.1. The van der Waals surface area contributed by atoms with Crippen molar-refractivity contribution in [2.24, 2.45) is 0 Å². The third-order valence-corrected chi connectivity index (χ3v) is 3.73. The molecule has 0 saturated heterocycles. The van der Waals surface area contributed by atoms with E-state index >= 15 is 0 Å². The lowest BCUT2D eigenvalue weighted by Gasteiger charge is -2.10. The molecule has 1 aromatic carbocycles. The van der Waals surface area contributed by atoms with Crippen LogP contribution in [0.4, 0.5) is 0 Å². The van der Waals surface area contributed by atoms with Crippen molar-refractivity contribution >= 4 is 33.3 Å². The van der Waals surface area contributed by atoms with Gasteiger partial charge in [-0.05, 0) is 32.9 Å². The first kappa shape index (κ1) is 17.9. The highest BCUT2D eigenvalue weighted by Crippen LogP contribution is 2.33. The minimum absolute atomic E-state index is 0.00742. The number of hydrogen-bond donors (Lipinski definition) is 0. The van der Waals surface area contributed by atoms with Crippen molar-refractivity contribution in [3.8, 4) is 5.75 Å². The van der Waals surface area contributed by atoms with Gasteiger partial charge in [0, 0.05) is 11.1 Å². The van der Waals surface area contributed by atoms with E-state index in [4.69, 9.17) is 25.6 Å². The highest BCUT2D eigenvalue weighted by Gasteiger charge is 2.17. The van der Waals surface area contributed by atoms with Gasteiger partial charge in [0.1, 0.15) is 11.9 Å². The molecule has 0 unspecified atom stereocenters. The SMILES string of the molecule is CCO[C@H](C)c1noc(COc2c(Cl)cc(Br)cc2C(C)=O)n1. The average molecular weight is 404 g/mol. The van der Waals surface area contributed by atoms with Crippen LogP contribution < -0.4 is 4.74 Å². The zero-order chi connectivity index (χ0) is 17.0. The molecule has 0 spiro atoms. The molecule has 124 valence electrons. The smallest absolute Gasteiger partial charge is 0.264 e. The largest absolute Gasteiger partial charge is 0.481 e. The second-order valence-electron chi connectivity index (χ2n) is 4.75. The van der Waals surface area contributed by atoms with Crippen molar-refractivity contribution in [2.45, 2.75) is 33.5 Å². The molecule has 2 rings (SSSR count). The molecule has 8 heteroatoms. The third kappa shape index (κ3) is 4.53. The fraction of sp³-hybridized carbons (Fsp3) is 0.400. The predicted octanol–water partition coefficient (Wildman–Crippen LogP) is 4.36. The van der Waals surface area contributed by atoms with Crippen LogP contribution in [0.2, 0.25) is 5.02 Å². The van der Waals surface area contributed by atoms with Gasteiger partial charge in [0.15, 0.2) is 18.2 Å². The van der Waals surface area contributed by atoms with Crippen LogP contribution in [-0.2, 0) is 11.3 Å². The van der Waals surface area contributed by atoms with E-state index in [9.17, 15) is 4.79 Å². The number of Topliss-reactive ketones (excluding diaryl/α,β-unsaturated/α-hetero) is 1. The molecule has 2 aromatic rings. The predicted molar refractivity (Wildman–Crippen MR) is 87.8 cm³/mol. The standard InChI is InChI=1S/C15H16BrClN2O4/c1-4-21-9(3)15-18-13(23-19-15)7-22-14-11(8(2)20)5-10(16)6-12(14)17/h5-6,9H,4,7H2,1-3H3/t9-/m1/s1. The van der Waals surface area contributed by atoms with E-state index in [-0.39, 0.29) is 24.4 Å². The number of halogens is 2. The number of carbonyl (C=O) groups excluding carboxylic acids is 1. The molecule has 0 radical (unpaired) electrons. The molecule has 1 heterocycles. The number of nitrogens with zero attached hydrogens (tertiary/aromatic N) is 2. The summed E-state index contributed by atoms with van der Waals surface area (Å²) >= 11 is 9.45. The topological polar surface area (TPSA) is 74.5 Å². The molecule has 1 atom stereocenters. The molecule has 23 heavy (non-hydrogen) atoms. The first-order valence-corrected chi connectivity index (χ1v) is 8.16. The van der Waals surface area contributed by atoms with Crippen molar-refractivity contribution in [3.05, 3.63) is 38.9 Å². The van der Waals surface area contributed by atoms with Gasteiger partial charge in [0.25, 0.3) is 5.89 Å². The number of rotatable bonds is 7. The van der Waals surface area contributed by atoms with Gasteiger partial charge in [-0.3, -0.25) is 4.79 Å². The van der Waals surface area contributed by atoms with Crippen LogP contribution in [-0.4, -0.2) is 22.5 Å². The molecule has 0 aliphatic rings. The molecule has 0 fully saturated rings. The minimum Gasteiger partial charge on any atom is -0.481 e. The quantitative estimate of drug-likeness (QED) is 0.639. The maximum atomic E-state index is 11.7. The van der Waals surface area contributed by atoms with E-state index < -0.39 is 0 Å². The summed E-state index contributed by atoms with van der Waals surface area (Å²) in [6, 6.07) is 3.31. The minimum atomic E-state index is -0.262. The van der Waals surface area contributed by atoms with E-state index in [0.29, 0.717) is 33.2 Å². The molecule has 0 N–H and O–H groups in total. The number of ether oxygens (including phenoxy) is 2. The Balaban J connectivity index is 2.14. The van der Waals surface area contributed by atoms with E-state index in [2.05, 4.69) is 26.1 Å². The summed E-state index contributed by atoms with van der Waals surface area (Å²) in [5.41, 5.74) is 0.381. The molecule has 0 aliphatic heterocycles. The summed E-state index contributed by atoms with van der Waals surface area (Å²) in [5, 5.41) is 4.17. The summed E-state index contributed by atoms with van der Waals surface area (Å²) < 4.78 is 16.8. The fourth-order valence-corrected chi connectivity index (χ4v) is 2.78. The van der Waals surface area contributed by atoms with Gasteiger partial charge in [-0.25, -0.2) is 0 Å². The fourth-order valence-electron chi connectivity index (χ4n) is 1.92. The Hall–Kier alpha value is -1.44. The maximum absolute atomic E-state index is 11.7. The van der Waals surface area contributed by atoms with Crippen molar-refractivity contribution in [1.82, 2.24) is 10.1 Å². The first-order valence-electron chi connectivity index (χ1n) is 6.99. The normalized spacial score (nSPS) is 12.2. The Morgan fingerprint density at radius 1 is 1.48 bits per heavy atom. The molecular weight excluding hydrogens is 388 g/mol. The van der Waals surface area contributed by atoms with Crippen LogP contribution in [0.3, 0.4) is 0 Å². The Morgan fingerprint density at radius 3 is 2.87 bits per heavy atom. The lowest BCUT2D eigenvalue weighted by Crippen LogP contribution is -2.04. The number of benzene rings is 1. The monoisotopic (exact) mass is 402 g/mol. The number of hydrogen-bond acceptors (Lipinski definition) is 6. The van der Waals surface area contributed by atoms with Crippen LogP contribution >= 0.6 is 27.5 Å². The molecular formula is C15H16BrClN2O4. The van der Waals surface area contributed by atoms with Gasteiger partial charge in [0.05, 0.1) is 10.6 Å². The van der Waals surface area contributed by atoms with E-state index in [1.165, 1.54) is 6.92 Å². The highest BCUT2D eigenvalue weighted by atomic mass is 79.9. The summed E-state index contributed by atoms with van der Waals surface area (Å²) in [7, 11) is 0. The Morgan fingerprint density at radius 2 is 2.22 bits per heavy atom. The second kappa shape index (κ2) is 7.90. The first-order chi connectivity index (χ1) is 10.9. The Kier molecular flexibility index (Phi) is 6.15. The van der Waals surface area contributed by atoms with E-state index in [1.807, 2.05) is 13.8 Å². The third-order valence-electron chi connectivity index (χ3n) is 2.99. The number of ketones is 1. The Bertz CT molecular complexity index is 705. The number of carbonyl (C=O) groups is 1. The van der Waals surface area contributed by atoms with Gasteiger partial charge >= 0.3 is 0 Å². The molecule has 0 bridgehead atoms. The lowest BCUT2D eigenvalue weighted by molar-refractivity contribution is 0.0683. The summed E-state index contributed by atoms with van der Waals surface area (Å²) in [6.45, 7) is 5.73. The van der Waals surface area contributed by atoms with Gasteiger partial charge in [-0.2, -0.15) is 4.98 Å². The van der Waals surface area contributed by atoms with Crippen molar-refractivity contribution in [1.29, 1.82) is 0 Å². The highest BCUT2D eigenvalue weighted by molar-refractivity contribution is 9.10. The van der Waals surface area contributed by atoms with Gasteiger partial charge in [-0.15, -0.1) is 0 Å². The van der Waals surface area contributed by atoms with Crippen LogP contribution in [0.25, 0.3) is 0 Å². The summed E-state index contributed by atoms with van der Waals surface area (Å²) in [5.74, 6) is 0.860. The van der Waals surface area contributed by atoms with Gasteiger partial charge in [0.2, 0.25) is 0 Å². The van der Waals surface area contributed by atoms with Crippen molar-refractivity contribution in [3.63, 3.8) is 0 Å². The molecule has 0 amide bonds. The second-order valence-corrected chi connectivity index (χ2v) is 6.08. The van der Waals surface area contributed by atoms with Crippen molar-refractivity contribution in [2.75, 3.05) is 6.61 Å². The van der Waals surface area contributed by atoms with E-state index in [0.717, 1.165) is 0 Å². The molecule has 6 nitrogen and oxygen atoms in total. The number of aromatic nitrogens is 2. The van der Waals surface area contributed by atoms with Gasteiger partial charge in [-0.1, -0.05) is 32.7 Å². The zero-order valence-corrected chi connectivity index (χ0v) is 15.3.